The van der Waals surface area contributed by atoms with Crippen molar-refractivity contribution in [1.29, 1.82) is 0 Å². The van der Waals surface area contributed by atoms with Crippen molar-refractivity contribution in [3.05, 3.63) is 71.4 Å². The van der Waals surface area contributed by atoms with E-state index >= 15 is 0 Å². The van der Waals surface area contributed by atoms with Gasteiger partial charge in [0.15, 0.2) is 0 Å². The fourth-order valence-electron chi connectivity index (χ4n) is 5.49. The number of alkyl halides is 3. The van der Waals surface area contributed by atoms with Gasteiger partial charge in [0.05, 0.1) is 30.8 Å². The highest BCUT2D eigenvalue weighted by molar-refractivity contribution is 5.83. The number of aliphatic carboxylic acids is 1. The molecule has 2 unspecified atom stereocenters. The van der Waals surface area contributed by atoms with Crippen LogP contribution in [0.3, 0.4) is 0 Å². The molecule has 1 aliphatic rings. The SMILES string of the molecule is COc1ccc2nccc([C@@H](O)CCC3CCN(CC#Cc4ccccc4C(F)(F)F)CC3CCC(=O)O)c2c1. The zero-order chi connectivity index (χ0) is 28.7. The third-order valence-electron chi connectivity index (χ3n) is 7.62. The number of carboxylic acids is 1. The van der Waals surface area contributed by atoms with E-state index in [0.717, 1.165) is 35.4 Å². The van der Waals surface area contributed by atoms with E-state index in [1.54, 1.807) is 13.3 Å². The number of ether oxygens (including phenoxy) is 1. The number of methoxy groups -OCH3 is 1. The Bertz CT molecular complexity index is 1380. The van der Waals surface area contributed by atoms with E-state index in [0.29, 0.717) is 38.2 Å². The fraction of sp³-hybridized carbons (Fsp3) is 0.419. The maximum Gasteiger partial charge on any atom is 0.417 e. The van der Waals surface area contributed by atoms with Gasteiger partial charge in [0.2, 0.25) is 0 Å². The van der Waals surface area contributed by atoms with Crippen LogP contribution in [0.1, 0.15) is 54.9 Å². The minimum atomic E-state index is -4.47. The van der Waals surface area contributed by atoms with Crippen LogP contribution < -0.4 is 4.74 Å². The predicted octanol–water partition coefficient (Wildman–Crippen LogP) is 5.93. The summed E-state index contributed by atoms with van der Waals surface area (Å²) in [5.41, 5.74) is 0.740. The summed E-state index contributed by atoms with van der Waals surface area (Å²) in [6.07, 6.45) is -0.946. The quantitative estimate of drug-likeness (QED) is 0.319. The number of rotatable bonds is 9. The van der Waals surface area contributed by atoms with Gasteiger partial charge in [-0.3, -0.25) is 14.7 Å². The molecule has 2 aromatic carbocycles. The van der Waals surface area contributed by atoms with Gasteiger partial charge in [-0.15, -0.1) is 0 Å². The number of aromatic nitrogens is 1. The molecule has 0 aliphatic carbocycles. The Hall–Kier alpha value is -3.61. The lowest BCUT2D eigenvalue weighted by atomic mass is 9.79. The monoisotopic (exact) mass is 554 g/mol. The number of halogens is 3. The van der Waals surface area contributed by atoms with Crippen LogP contribution in [0.25, 0.3) is 10.9 Å². The standard InChI is InChI=1S/C31H33F3N2O4/c1-40-24-10-11-28-26(19-24)25(14-16-35-28)29(37)12-8-21-15-18-36(20-23(21)9-13-30(38)39)17-4-6-22-5-2-3-7-27(22)31(32,33)34/h2-3,5,7,10-11,14,16,19,21,23,29,37H,8-9,12-13,15,17-18,20H2,1H3,(H,38,39)/t21?,23?,29-/m0/s1. The first kappa shape index (κ1) is 29.4. The number of hydrogen-bond acceptors (Lipinski definition) is 5. The van der Waals surface area contributed by atoms with Crippen LogP contribution in [0.5, 0.6) is 5.75 Å². The number of benzene rings is 2. The first-order valence-electron chi connectivity index (χ1n) is 13.4. The smallest absolute Gasteiger partial charge is 0.417 e. The second-order valence-electron chi connectivity index (χ2n) is 10.2. The summed E-state index contributed by atoms with van der Waals surface area (Å²) in [6, 6.07) is 12.6. The Balaban J connectivity index is 1.41. The highest BCUT2D eigenvalue weighted by atomic mass is 19.4. The number of hydrogen-bond donors (Lipinski definition) is 2. The molecular formula is C31H33F3N2O4. The molecule has 0 spiro atoms. The molecule has 2 N–H and O–H groups in total. The normalized spacial score (nSPS) is 18.6. The Morgan fingerprint density at radius 1 is 1.18 bits per heavy atom. The van der Waals surface area contributed by atoms with Crippen LogP contribution in [-0.4, -0.2) is 52.8 Å². The molecule has 1 aromatic heterocycles. The minimum Gasteiger partial charge on any atom is -0.497 e. The molecule has 3 aromatic rings. The number of piperidine rings is 1. The summed E-state index contributed by atoms with van der Waals surface area (Å²) < 4.78 is 45.1. The molecule has 3 atom stereocenters. The molecule has 0 amide bonds. The molecule has 2 heterocycles. The molecule has 1 fully saturated rings. The third-order valence-corrected chi connectivity index (χ3v) is 7.62. The highest BCUT2D eigenvalue weighted by Crippen LogP contribution is 2.35. The Labute approximate surface area is 231 Å². The van der Waals surface area contributed by atoms with Gasteiger partial charge in [-0.2, -0.15) is 13.2 Å². The number of likely N-dealkylation sites (tertiary alicyclic amines) is 1. The lowest BCUT2D eigenvalue weighted by Crippen LogP contribution is -2.41. The van der Waals surface area contributed by atoms with Crippen molar-refractivity contribution < 1.29 is 32.9 Å². The lowest BCUT2D eigenvalue weighted by Gasteiger charge is -2.38. The zero-order valence-corrected chi connectivity index (χ0v) is 22.3. The van der Waals surface area contributed by atoms with Crippen molar-refractivity contribution in [2.24, 2.45) is 11.8 Å². The van der Waals surface area contributed by atoms with Gasteiger partial charge in [0, 0.05) is 30.1 Å². The number of nitrogens with zero attached hydrogens (tertiary/aromatic N) is 2. The van der Waals surface area contributed by atoms with Gasteiger partial charge in [0.1, 0.15) is 5.75 Å². The van der Waals surface area contributed by atoms with Crippen molar-refractivity contribution in [2.75, 3.05) is 26.7 Å². The van der Waals surface area contributed by atoms with E-state index in [-0.39, 0.29) is 23.8 Å². The molecule has 212 valence electrons. The lowest BCUT2D eigenvalue weighted by molar-refractivity contribution is -0.138. The van der Waals surface area contributed by atoms with Crippen molar-refractivity contribution >= 4 is 16.9 Å². The number of pyridine rings is 1. The van der Waals surface area contributed by atoms with Gasteiger partial charge in [0.25, 0.3) is 0 Å². The van der Waals surface area contributed by atoms with Gasteiger partial charge in [-0.25, -0.2) is 0 Å². The topological polar surface area (TPSA) is 82.9 Å². The maximum atomic E-state index is 13.3. The Morgan fingerprint density at radius 2 is 1.98 bits per heavy atom. The molecule has 0 saturated carbocycles. The number of carboxylic acid groups (broad SMARTS) is 1. The van der Waals surface area contributed by atoms with Gasteiger partial charge >= 0.3 is 12.1 Å². The molecule has 40 heavy (non-hydrogen) atoms. The molecule has 1 saturated heterocycles. The number of aliphatic hydroxyl groups excluding tert-OH is 1. The van der Waals surface area contributed by atoms with Crippen LogP contribution >= 0.6 is 0 Å². The molecule has 4 rings (SSSR count). The summed E-state index contributed by atoms with van der Waals surface area (Å²) in [7, 11) is 1.59. The molecule has 0 radical (unpaired) electrons. The van der Waals surface area contributed by atoms with Crippen LogP contribution in [0.2, 0.25) is 0 Å². The second-order valence-corrected chi connectivity index (χ2v) is 10.2. The number of aliphatic hydroxyl groups is 1. The average molecular weight is 555 g/mol. The minimum absolute atomic E-state index is 0.0387. The fourth-order valence-corrected chi connectivity index (χ4v) is 5.49. The first-order chi connectivity index (χ1) is 19.2. The predicted molar refractivity (Wildman–Crippen MR) is 146 cm³/mol. The summed E-state index contributed by atoms with van der Waals surface area (Å²) in [6.45, 7) is 1.62. The van der Waals surface area contributed by atoms with E-state index < -0.39 is 23.8 Å². The van der Waals surface area contributed by atoms with Crippen LogP contribution in [0.15, 0.2) is 54.7 Å². The first-order valence-corrected chi connectivity index (χ1v) is 13.4. The largest absolute Gasteiger partial charge is 0.497 e. The summed E-state index contributed by atoms with van der Waals surface area (Å²) >= 11 is 0. The number of carbonyl (C=O) groups is 1. The van der Waals surface area contributed by atoms with E-state index in [1.807, 2.05) is 24.3 Å². The van der Waals surface area contributed by atoms with E-state index in [1.165, 1.54) is 18.2 Å². The molecule has 1 aliphatic heterocycles. The third kappa shape index (κ3) is 7.52. The summed E-state index contributed by atoms with van der Waals surface area (Å²) in [5, 5.41) is 21.2. The number of fused-ring (bicyclic) bond motifs is 1. The van der Waals surface area contributed by atoms with Crippen LogP contribution in [0.4, 0.5) is 13.2 Å². The van der Waals surface area contributed by atoms with Crippen molar-refractivity contribution in [1.82, 2.24) is 9.88 Å². The highest BCUT2D eigenvalue weighted by Gasteiger charge is 2.33. The Kier molecular flexibility index (Phi) is 9.67. The van der Waals surface area contributed by atoms with Crippen molar-refractivity contribution in [2.45, 2.75) is 44.4 Å². The van der Waals surface area contributed by atoms with Gasteiger partial charge < -0.3 is 14.9 Å². The molecule has 9 heteroatoms. The van der Waals surface area contributed by atoms with E-state index in [2.05, 4.69) is 21.7 Å². The van der Waals surface area contributed by atoms with Crippen LogP contribution in [0, 0.1) is 23.7 Å². The molecular weight excluding hydrogens is 521 g/mol. The second kappa shape index (κ2) is 13.2. The van der Waals surface area contributed by atoms with Crippen molar-refractivity contribution in [3.8, 4) is 17.6 Å². The van der Waals surface area contributed by atoms with E-state index in [9.17, 15) is 28.2 Å². The van der Waals surface area contributed by atoms with E-state index in [4.69, 9.17) is 4.74 Å². The zero-order valence-electron chi connectivity index (χ0n) is 22.3. The molecule has 6 nitrogen and oxygen atoms in total. The molecule has 0 bridgehead atoms. The van der Waals surface area contributed by atoms with Gasteiger partial charge in [-0.1, -0.05) is 24.0 Å². The Morgan fingerprint density at radius 3 is 2.73 bits per heavy atom. The summed E-state index contributed by atoms with van der Waals surface area (Å²) in [5.74, 6) is 5.67. The van der Waals surface area contributed by atoms with Crippen molar-refractivity contribution in [3.63, 3.8) is 0 Å². The van der Waals surface area contributed by atoms with Crippen LogP contribution in [-0.2, 0) is 11.0 Å². The summed E-state index contributed by atoms with van der Waals surface area (Å²) in [4.78, 5) is 17.8. The maximum absolute atomic E-state index is 13.3. The average Bonchev–Trinajstić information content (AvgIpc) is 2.94. The van der Waals surface area contributed by atoms with Gasteiger partial charge in [-0.05, 0) is 86.0 Å².